The van der Waals surface area contributed by atoms with Gasteiger partial charge in [0.05, 0.1) is 6.10 Å². The smallest absolute Gasteiger partial charge is 0.0582 e. The molecule has 1 heteroatoms. The molecule has 0 aliphatic carbocycles. The fourth-order valence-electron chi connectivity index (χ4n) is 1.69. The Hall–Kier alpha value is -0.820. The van der Waals surface area contributed by atoms with Crippen molar-refractivity contribution in [1.29, 1.82) is 0 Å². The maximum Gasteiger partial charge on any atom is 0.0582 e. The third-order valence-electron chi connectivity index (χ3n) is 2.44. The van der Waals surface area contributed by atoms with Crippen LogP contribution in [-0.2, 0) is 4.74 Å². The molecular formula is C12H15O. The first kappa shape index (κ1) is 8.76. The van der Waals surface area contributed by atoms with Crippen LogP contribution in [0.5, 0.6) is 0 Å². The van der Waals surface area contributed by atoms with E-state index in [0.717, 1.165) is 13.0 Å². The van der Waals surface area contributed by atoms with Gasteiger partial charge in [-0.15, -0.1) is 0 Å². The van der Waals surface area contributed by atoms with Crippen LogP contribution in [0.25, 0.3) is 0 Å². The molecule has 1 nitrogen and oxygen atoms in total. The Labute approximate surface area is 79.7 Å². The molecule has 0 bridgehead atoms. The van der Waals surface area contributed by atoms with Crippen LogP contribution >= 0.6 is 0 Å². The van der Waals surface area contributed by atoms with Gasteiger partial charge in [-0.05, 0) is 31.2 Å². The number of ether oxygens (including phenoxy) is 1. The minimum atomic E-state index is 0.472. The Morgan fingerprint density at radius 2 is 2.15 bits per heavy atom. The predicted molar refractivity (Wildman–Crippen MR) is 53.4 cm³/mol. The second kappa shape index (κ2) is 4.43. The fraction of sp³-hybridized carbons (Fsp3) is 0.417. The Kier molecular flexibility index (Phi) is 2.98. The number of hydrogen-bond donors (Lipinski definition) is 0. The summed E-state index contributed by atoms with van der Waals surface area (Å²) in [5.74, 6) is 0. The Balaban J connectivity index is 1.79. The Morgan fingerprint density at radius 3 is 2.85 bits per heavy atom. The second-order valence-corrected chi connectivity index (χ2v) is 3.49. The highest BCUT2D eigenvalue weighted by Gasteiger charge is 2.14. The lowest BCUT2D eigenvalue weighted by Crippen LogP contribution is -2.04. The molecule has 69 valence electrons. The minimum absolute atomic E-state index is 0.472. The molecule has 1 saturated heterocycles. The molecule has 1 radical (unpaired) electrons. The molecule has 0 spiro atoms. The standard InChI is InChI=1S/C12H15O/c1-2-5-11(6-3-1)8-9-12-7-4-10-13-12/h1-3,5-6,8,12H,4,7,9-10H2. The average Bonchev–Trinajstić information content (AvgIpc) is 2.69. The van der Waals surface area contributed by atoms with Crippen molar-refractivity contribution in [3.63, 3.8) is 0 Å². The van der Waals surface area contributed by atoms with Gasteiger partial charge < -0.3 is 4.74 Å². The van der Waals surface area contributed by atoms with Crippen LogP contribution in [0, 0.1) is 6.42 Å². The zero-order valence-electron chi connectivity index (χ0n) is 7.78. The van der Waals surface area contributed by atoms with E-state index >= 15 is 0 Å². The Bertz CT molecular complexity index is 237. The molecule has 0 amide bonds. The van der Waals surface area contributed by atoms with Gasteiger partial charge in [0.15, 0.2) is 0 Å². The first-order valence-electron chi connectivity index (χ1n) is 4.95. The van der Waals surface area contributed by atoms with Gasteiger partial charge in [0.1, 0.15) is 0 Å². The molecule has 1 heterocycles. The van der Waals surface area contributed by atoms with Gasteiger partial charge in [-0.1, -0.05) is 30.3 Å². The largest absolute Gasteiger partial charge is 0.378 e. The van der Waals surface area contributed by atoms with Crippen LogP contribution in [0.4, 0.5) is 0 Å². The van der Waals surface area contributed by atoms with E-state index in [-0.39, 0.29) is 0 Å². The summed E-state index contributed by atoms with van der Waals surface area (Å²) in [4.78, 5) is 0. The molecule has 0 saturated carbocycles. The lowest BCUT2D eigenvalue weighted by molar-refractivity contribution is 0.111. The first-order valence-corrected chi connectivity index (χ1v) is 4.95. The zero-order chi connectivity index (χ0) is 8.93. The highest BCUT2D eigenvalue weighted by atomic mass is 16.5. The summed E-state index contributed by atoms with van der Waals surface area (Å²) in [6, 6.07) is 10.5. The summed E-state index contributed by atoms with van der Waals surface area (Å²) in [5.41, 5.74) is 1.30. The van der Waals surface area contributed by atoms with E-state index in [1.807, 2.05) is 6.07 Å². The molecule has 1 aliphatic heterocycles. The van der Waals surface area contributed by atoms with E-state index in [0.29, 0.717) is 6.10 Å². The quantitative estimate of drug-likeness (QED) is 0.686. The average molecular weight is 175 g/mol. The topological polar surface area (TPSA) is 9.23 Å². The van der Waals surface area contributed by atoms with Gasteiger partial charge in [-0.25, -0.2) is 0 Å². The van der Waals surface area contributed by atoms with Crippen molar-refractivity contribution in [3.05, 3.63) is 42.3 Å². The summed E-state index contributed by atoms with van der Waals surface area (Å²) in [6.07, 6.45) is 6.25. The van der Waals surface area contributed by atoms with E-state index < -0.39 is 0 Å². The van der Waals surface area contributed by atoms with Crippen molar-refractivity contribution in [1.82, 2.24) is 0 Å². The van der Waals surface area contributed by atoms with Gasteiger partial charge in [-0.3, -0.25) is 0 Å². The molecule has 0 N–H and O–H groups in total. The minimum Gasteiger partial charge on any atom is -0.378 e. The SMILES string of the molecule is [CH](CC1CCCO1)c1ccccc1. The third-order valence-corrected chi connectivity index (χ3v) is 2.44. The Morgan fingerprint density at radius 1 is 1.31 bits per heavy atom. The lowest BCUT2D eigenvalue weighted by Gasteiger charge is -2.07. The number of benzene rings is 1. The monoisotopic (exact) mass is 175 g/mol. The van der Waals surface area contributed by atoms with Gasteiger partial charge in [0, 0.05) is 6.61 Å². The molecule has 1 unspecified atom stereocenters. The summed E-state index contributed by atoms with van der Waals surface area (Å²) in [6.45, 7) is 0.952. The van der Waals surface area contributed by atoms with E-state index in [2.05, 4.69) is 30.7 Å². The number of rotatable bonds is 3. The van der Waals surface area contributed by atoms with Crippen molar-refractivity contribution in [2.45, 2.75) is 25.4 Å². The van der Waals surface area contributed by atoms with Gasteiger partial charge in [-0.2, -0.15) is 0 Å². The molecule has 13 heavy (non-hydrogen) atoms. The molecule has 1 aromatic rings. The number of hydrogen-bond acceptors (Lipinski definition) is 1. The van der Waals surface area contributed by atoms with Crippen LogP contribution < -0.4 is 0 Å². The summed E-state index contributed by atoms with van der Waals surface area (Å²) >= 11 is 0. The van der Waals surface area contributed by atoms with Crippen molar-refractivity contribution >= 4 is 0 Å². The van der Waals surface area contributed by atoms with E-state index in [4.69, 9.17) is 4.74 Å². The van der Waals surface area contributed by atoms with Crippen LogP contribution in [0.15, 0.2) is 30.3 Å². The summed E-state index contributed by atoms with van der Waals surface area (Å²) < 4.78 is 5.54. The molecule has 2 rings (SSSR count). The van der Waals surface area contributed by atoms with E-state index in [1.165, 1.54) is 18.4 Å². The second-order valence-electron chi connectivity index (χ2n) is 3.49. The molecule has 0 aromatic heterocycles. The van der Waals surface area contributed by atoms with Crippen molar-refractivity contribution in [2.75, 3.05) is 6.61 Å². The molecule has 1 fully saturated rings. The van der Waals surface area contributed by atoms with Crippen LogP contribution in [0.2, 0.25) is 0 Å². The molecule has 1 atom stereocenters. The highest BCUT2D eigenvalue weighted by Crippen LogP contribution is 2.18. The van der Waals surface area contributed by atoms with Crippen molar-refractivity contribution in [2.24, 2.45) is 0 Å². The normalized spacial score (nSPS) is 22.0. The maximum absolute atomic E-state index is 5.54. The first-order chi connectivity index (χ1) is 6.45. The van der Waals surface area contributed by atoms with Crippen LogP contribution in [0.3, 0.4) is 0 Å². The molecular weight excluding hydrogens is 160 g/mol. The molecule has 1 aromatic carbocycles. The summed E-state index contributed by atoms with van der Waals surface area (Å²) in [7, 11) is 0. The summed E-state index contributed by atoms with van der Waals surface area (Å²) in [5, 5.41) is 0. The van der Waals surface area contributed by atoms with E-state index in [9.17, 15) is 0 Å². The predicted octanol–water partition coefficient (Wildman–Crippen LogP) is 2.81. The van der Waals surface area contributed by atoms with Gasteiger partial charge >= 0.3 is 0 Å². The fourth-order valence-corrected chi connectivity index (χ4v) is 1.69. The van der Waals surface area contributed by atoms with Gasteiger partial charge in [0.25, 0.3) is 0 Å². The lowest BCUT2D eigenvalue weighted by atomic mass is 10.1. The molecule has 1 aliphatic rings. The maximum atomic E-state index is 5.54. The van der Waals surface area contributed by atoms with Crippen LogP contribution in [-0.4, -0.2) is 12.7 Å². The van der Waals surface area contributed by atoms with Crippen molar-refractivity contribution in [3.8, 4) is 0 Å². The third kappa shape index (κ3) is 2.56. The van der Waals surface area contributed by atoms with Gasteiger partial charge in [0.2, 0.25) is 0 Å². The van der Waals surface area contributed by atoms with E-state index in [1.54, 1.807) is 0 Å². The zero-order valence-corrected chi connectivity index (χ0v) is 7.78. The highest BCUT2D eigenvalue weighted by molar-refractivity contribution is 5.22. The van der Waals surface area contributed by atoms with Crippen LogP contribution in [0.1, 0.15) is 24.8 Å². The van der Waals surface area contributed by atoms with Crippen molar-refractivity contribution < 1.29 is 4.74 Å².